The number of rotatable bonds is 3. The Hall–Kier alpha value is -2.07. The minimum absolute atomic E-state index is 0.0794. The molecule has 2 aromatic carbocycles. The van der Waals surface area contributed by atoms with Gasteiger partial charge < -0.3 is 9.64 Å². The number of halogens is 2. The Bertz CT molecular complexity index is 838. The number of hydrogen-bond acceptors (Lipinski definition) is 2. The van der Waals surface area contributed by atoms with Gasteiger partial charge in [-0.1, -0.05) is 23.7 Å². The van der Waals surface area contributed by atoms with E-state index in [1.165, 1.54) is 12.1 Å². The number of carbonyl (C=O) groups excluding carboxylic acids is 1. The van der Waals surface area contributed by atoms with Gasteiger partial charge in [0.1, 0.15) is 11.6 Å². The summed E-state index contributed by atoms with van der Waals surface area (Å²) in [6, 6.07) is 10.2. The first-order valence-electron chi connectivity index (χ1n) is 8.52. The third kappa shape index (κ3) is 2.89. The molecule has 3 nitrogen and oxygen atoms in total. The molecule has 25 heavy (non-hydrogen) atoms. The Morgan fingerprint density at radius 1 is 1.32 bits per heavy atom. The molecule has 1 aliphatic heterocycles. The number of hydrogen-bond donors (Lipinski definition) is 0. The van der Waals surface area contributed by atoms with E-state index < -0.39 is 0 Å². The van der Waals surface area contributed by atoms with Crippen molar-refractivity contribution in [3.8, 4) is 5.75 Å². The first-order chi connectivity index (χ1) is 12.1. The molecule has 1 fully saturated rings. The van der Waals surface area contributed by atoms with Crippen LogP contribution in [0.4, 0.5) is 10.1 Å². The van der Waals surface area contributed by atoms with Crippen molar-refractivity contribution in [1.82, 2.24) is 0 Å². The summed E-state index contributed by atoms with van der Waals surface area (Å²) in [4.78, 5) is 14.9. The van der Waals surface area contributed by atoms with Gasteiger partial charge in [-0.2, -0.15) is 0 Å². The molecule has 1 aliphatic carbocycles. The molecule has 2 aliphatic rings. The Morgan fingerprint density at radius 2 is 2.16 bits per heavy atom. The smallest absolute Gasteiger partial charge is 0.230 e. The Balaban J connectivity index is 1.62. The van der Waals surface area contributed by atoms with Crippen LogP contribution in [0.1, 0.15) is 29.9 Å². The van der Waals surface area contributed by atoms with Crippen LogP contribution < -0.4 is 9.64 Å². The quantitative estimate of drug-likeness (QED) is 0.803. The van der Waals surface area contributed by atoms with Gasteiger partial charge in [-0.25, -0.2) is 4.39 Å². The van der Waals surface area contributed by atoms with E-state index in [4.69, 9.17) is 16.3 Å². The number of carbonyl (C=O) groups is 1. The zero-order valence-corrected chi connectivity index (χ0v) is 14.7. The molecule has 0 bridgehead atoms. The molecule has 130 valence electrons. The molecular formula is C20H19ClFNO2. The van der Waals surface area contributed by atoms with Crippen molar-refractivity contribution >= 4 is 23.2 Å². The number of amides is 1. The van der Waals surface area contributed by atoms with Gasteiger partial charge in [-0.3, -0.25) is 4.79 Å². The summed E-state index contributed by atoms with van der Waals surface area (Å²) in [7, 11) is 1.60. The molecule has 5 heteroatoms. The molecular weight excluding hydrogens is 341 g/mol. The zero-order valence-electron chi connectivity index (χ0n) is 14.0. The van der Waals surface area contributed by atoms with Gasteiger partial charge in [-0.15, -0.1) is 0 Å². The second-order valence-corrected chi connectivity index (χ2v) is 7.08. The van der Waals surface area contributed by atoms with Gasteiger partial charge in [0.05, 0.1) is 12.8 Å². The molecule has 0 aromatic heterocycles. The molecule has 0 N–H and O–H groups in total. The maximum Gasteiger partial charge on any atom is 0.230 e. The lowest BCUT2D eigenvalue weighted by Gasteiger charge is -2.31. The van der Waals surface area contributed by atoms with Crippen molar-refractivity contribution in [2.24, 2.45) is 5.92 Å². The first kappa shape index (κ1) is 16.4. The summed E-state index contributed by atoms with van der Waals surface area (Å²) in [6.07, 6.45) is 2.48. The lowest BCUT2D eigenvalue weighted by Crippen LogP contribution is -2.37. The van der Waals surface area contributed by atoms with Crippen molar-refractivity contribution in [2.75, 3.05) is 18.6 Å². The van der Waals surface area contributed by atoms with Crippen LogP contribution in [0.5, 0.6) is 5.75 Å². The molecule has 2 unspecified atom stereocenters. The largest absolute Gasteiger partial charge is 0.495 e. The van der Waals surface area contributed by atoms with E-state index >= 15 is 0 Å². The van der Waals surface area contributed by atoms with Crippen molar-refractivity contribution < 1.29 is 13.9 Å². The molecule has 1 saturated carbocycles. The van der Waals surface area contributed by atoms with Gasteiger partial charge >= 0.3 is 0 Å². The van der Waals surface area contributed by atoms with Crippen LogP contribution in [0.3, 0.4) is 0 Å². The van der Waals surface area contributed by atoms with E-state index in [0.29, 0.717) is 17.3 Å². The number of fused-ring (bicyclic) bond motifs is 1. The third-order valence-electron chi connectivity index (χ3n) is 5.14. The molecule has 1 heterocycles. The summed E-state index contributed by atoms with van der Waals surface area (Å²) >= 11 is 6.34. The average Bonchev–Trinajstić information content (AvgIpc) is 3.42. The highest BCUT2D eigenvalue weighted by Crippen LogP contribution is 2.50. The summed E-state index contributed by atoms with van der Waals surface area (Å²) in [6.45, 7) is 0.662. The highest BCUT2D eigenvalue weighted by molar-refractivity contribution is 6.32. The Morgan fingerprint density at radius 3 is 2.92 bits per heavy atom. The van der Waals surface area contributed by atoms with E-state index in [0.717, 1.165) is 36.1 Å². The van der Waals surface area contributed by atoms with Crippen molar-refractivity contribution in [3.63, 3.8) is 0 Å². The fraction of sp³-hybridized carbons (Fsp3) is 0.350. The van der Waals surface area contributed by atoms with Crippen LogP contribution in [-0.4, -0.2) is 19.6 Å². The standard InChI is InChI=1S/C20H19ClFNO2/c1-25-18-8-7-17(21)14-6-3-9-23(19(14)18)20(24)16-11-15(16)12-4-2-5-13(22)10-12/h2,4-5,7-8,10,15-16H,3,6,9,11H2,1H3. The summed E-state index contributed by atoms with van der Waals surface area (Å²) < 4.78 is 18.9. The van der Waals surface area contributed by atoms with Crippen LogP contribution in [0.2, 0.25) is 5.02 Å². The Labute approximate surface area is 151 Å². The summed E-state index contributed by atoms with van der Waals surface area (Å²) in [5.41, 5.74) is 2.67. The predicted molar refractivity (Wildman–Crippen MR) is 95.9 cm³/mol. The van der Waals surface area contributed by atoms with Gasteiger partial charge in [0, 0.05) is 17.5 Å². The number of ether oxygens (including phenoxy) is 1. The van der Waals surface area contributed by atoms with E-state index in [1.807, 2.05) is 23.1 Å². The van der Waals surface area contributed by atoms with Gasteiger partial charge in [-0.05, 0) is 60.6 Å². The molecule has 0 spiro atoms. The van der Waals surface area contributed by atoms with Gasteiger partial charge in [0.25, 0.3) is 0 Å². The van der Waals surface area contributed by atoms with E-state index in [9.17, 15) is 9.18 Å². The first-order valence-corrected chi connectivity index (χ1v) is 8.90. The molecule has 4 rings (SSSR count). The fourth-order valence-corrected chi connectivity index (χ4v) is 4.06. The normalized spacial score (nSPS) is 21.6. The maximum absolute atomic E-state index is 13.5. The molecule has 2 atom stereocenters. The van der Waals surface area contributed by atoms with Gasteiger partial charge in [0.2, 0.25) is 5.91 Å². The lowest BCUT2D eigenvalue weighted by molar-refractivity contribution is -0.120. The minimum atomic E-state index is -0.257. The van der Waals surface area contributed by atoms with Crippen LogP contribution >= 0.6 is 11.6 Å². The third-order valence-corrected chi connectivity index (χ3v) is 5.49. The second-order valence-electron chi connectivity index (χ2n) is 6.67. The number of anilines is 1. The van der Waals surface area contributed by atoms with Crippen molar-refractivity contribution in [2.45, 2.75) is 25.2 Å². The molecule has 0 radical (unpaired) electrons. The fourth-order valence-electron chi connectivity index (χ4n) is 3.81. The predicted octanol–water partition coefficient (Wildman–Crippen LogP) is 4.57. The average molecular weight is 360 g/mol. The van der Waals surface area contributed by atoms with Crippen LogP contribution in [-0.2, 0) is 11.2 Å². The van der Waals surface area contributed by atoms with Gasteiger partial charge in [0.15, 0.2) is 0 Å². The summed E-state index contributed by atoms with van der Waals surface area (Å²) in [5.74, 6) is 0.494. The zero-order chi connectivity index (χ0) is 17.6. The second kappa shape index (κ2) is 6.34. The lowest BCUT2D eigenvalue weighted by atomic mass is 9.99. The molecule has 2 aromatic rings. The maximum atomic E-state index is 13.5. The highest BCUT2D eigenvalue weighted by Gasteiger charge is 2.47. The van der Waals surface area contributed by atoms with Crippen LogP contribution in [0, 0.1) is 11.7 Å². The van der Waals surface area contributed by atoms with E-state index in [2.05, 4.69) is 0 Å². The number of nitrogens with zero attached hydrogens (tertiary/aromatic N) is 1. The van der Waals surface area contributed by atoms with Crippen molar-refractivity contribution in [1.29, 1.82) is 0 Å². The van der Waals surface area contributed by atoms with Crippen LogP contribution in [0.25, 0.3) is 0 Å². The monoisotopic (exact) mass is 359 g/mol. The van der Waals surface area contributed by atoms with E-state index in [-0.39, 0.29) is 23.6 Å². The SMILES string of the molecule is COc1ccc(Cl)c2c1N(C(=O)C1CC1c1cccc(F)c1)CCC2. The van der Waals surface area contributed by atoms with E-state index in [1.54, 1.807) is 13.2 Å². The van der Waals surface area contributed by atoms with Crippen LogP contribution in [0.15, 0.2) is 36.4 Å². The minimum Gasteiger partial charge on any atom is -0.495 e. The number of benzene rings is 2. The summed E-state index contributed by atoms with van der Waals surface area (Å²) in [5, 5.41) is 0.672. The molecule has 1 amide bonds. The molecule has 0 saturated heterocycles. The van der Waals surface area contributed by atoms with Crippen molar-refractivity contribution in [3.05, 3.63) is 58.4 Å². The number of methoxy groups -OCH3 is 1. The highest BCUT2D eigenvalue weighted by atomic mass is 35.5. The Kier molecular flexibility index (Phi) is 4.16. The topological polar surface area (TPSA) is 29.5 Å².